The third kappa shape index (κ3) is 3.27. The van der Waals surface area contributed by atoms with E-state index in [-0.39, 0.29) is 30.8 Å². The van der Waals surface area contributed by atoms with E-state index in [9.17, 15) is 4.79 Å². The second-order valence-corrected chi connectivity index (χ2v) is 6.06. The van der Waals surface area contributed by atoms with Gasteiger partial charge in [0.1, 0.15) is 12.6 Å². The molecule has 2 aliphatic rings. The van der Waals surface area contributed by atoms with Gasteiger partial charge in [-0.15, -0.1) is 6.42 Å². The lowest BCUT2D eigenvalue weighted by Crippen LogP contribution is -2.46. The molecule has 2 heterocycles. The molecule has 5 nitrogen and oxygen atoms in total. The van der Waals surface area contributed by atoms with Gasteiger partial charge in [-0.25, -0.2) is 4.79 Å². The molecular formula is C14H22NO4+. The zero-order valence-corrected chi connectivity index (χ0v) is 11.8. The molecule has 106 valence electrons. The first kappa shape index (κ1) is 14.3. The van der Waals surface area contributed by atoms with Crippen molar-refractivity contribution < 1.29 is 23.5 Å². The van der Waals surface area contributed by atoms with Crippen molar-refractivity contribution in [2.75, 3.05) is 40.4 Å². The molecular weight excluding hydrogens is 246 g/mol. The van der Waals surface area contributed by atoms with E-state index in [0.29, 0.717) is 30.2 Å². The molecule has 2 rings (SSSR count). The van der Waals surface area contributed by atoms with Crippen LogP contribution in [-0.4, -0.2) is 69.2 Å². The van der Waals surface area contributed by atoms with Crippen molar-refractivity contribution in [2.45, 2.75) is 25.2 Å². The number of nitrogens with zero attached hydrogens (tertiary/aromatic N) is 1. The Morgan fingerprint density at radius 2 is 2.05 bits per heavy atom. The van der Waals surface area contributed by atoms with Crippen LogP contribution < -0.4 is 0 Å². The van der Waals surface area contributed by atoms with Crippen LogP contribution in [0.2, 0.25) is 0 Å². The van der Waals surface area contributed by atoms with Gasteiger partial charge in [0.05, 0.1) is 33.4 Å². The standard InChI is InChI=1S/C14H22NO4/c1-5-6-15(3,4)7-12(16)19-11-9-18-13-10(2)8-17-14(11)13/h1,10-11,13-14H,6-9H2,2-4H3/q+1/t10-,11+,13-,14-/m1/s1. The van der Waals surface area contributed by atoms with Crippen LogP contribution in [0.5, 0.6) is 0 Å². The molecule has 0 amide bonds. The van der Waals surface area contributed by atoms with Crippen LogP contribution in [-0.2, 0) is 19.0 Å². The summed E-state index contributed by atoms with van der Waals surface area (Å²) < 4.78 is 17.2. The molecule has 2 aliphatic heterocycles. The molecule has 4 atom stereocenters. The number of carbonyl (C=O) groups excluding carboxylic acids is 1. The Balaban J connectivity index is 1.85. The number of hydrogen-bond acceptors (Lipinski definition) is 4. The predicted octanol–water partition coefficient (Wildman–Crippen LogP) is 0.0415. The van der Waals surface area contributed by atoms with E-state index in [1.165, 1.54) is 0 Å². The highest BCUT2D eigenvalue weighted by Crippen LogP contribution is 2.32. The van der Waals surface area contributed by atoms with Crippen molar-refractivity contribution >= 4 is 5.97 Å². The van der Waals surface area contributed by atoms with Gasteiger partial charge in [-0.05, 0) is 5.92 Å². The van der Waals surface area contributed by atoms with E-state index < -0.39 is 0 Å². The fourth-order valence-electron chi connectivity index (χ4n) is 2.61. The number of quaternary nitrogens is 1. The third-order valence-corrected chi connectivity index (χ3v) is 3.61. The average molecular weight is 268 g/mol. The molecule has 0 saturated carbocycles. The quantitative estimate of drug-likeness (QED) is 0.410. The first-order valence-corrected chi connectivity index (χ1v) is 6.61. The number of rotatable bonds is 4. The Kier molecular flexibility index (Phi) is 4.14. The Hall–Kier alpha value is -1.09. The second kappa shape index (κ2) is 5.49. The van der Waals surface area contributed by atoms with E-state index in [1.807, 2.05) is 14.1 Å². The predicted molar refractivity (Wildman–Crippen MR) is 69.2 cm³/mol. The van der Waals surface area contributed by atoms with Gasteiger partial charge in [0, 0.05) is 5.92 Å². The van der Waals surface area contributed by atoms with Gasteiger partial charge in [-0.2, -0.15) is 0 Å². The van der Waals surface area contributed by atoms with Crippen LogP contribution in [0.1, 0.15) is 6.92 Å². The number of hydrogen-bond donors (Lipinski definition) is 0. The smallest absolute Gasteiger partial charge is 0.362 e. The lowest BCUT2D eigenvalue weighted by molar-refractivity contribution is -0.875. The fraction of sp³-hybridized carbons (Fsp3) is 0.786. The summed E-state index contributed by atoms with van der Waals surface area (Å²) >= 11 is 0. The number of likely N-dealkylation sites (N-methyl/N-ethyl adjacent to an activating group) is 1. The lowest BCUT2D eigenvalue weighted by Gasteiger charge is -2.27. The number of fused-ring (bicyclic) bond motifs is 1. The van der Waals surface area contributed by atoms with Gasteiger partial charge in [0.2, 0.25) is 0 Å². The molecule has 0 aromatic heterocycles. The van der Waals surface area contributed by atoms with Crippen LogP contribution in [0.25, 0.3) is 0 Å². The van der Waals surface area contributed by atoms with E-state index in [2.05, 4.69) is 12.8 Å². The van der Waals surface area contributed by atoms with Crippen LogP contribution in [0.15, 0.2) is 0 Å². The normalized spacial score (nSPS) is 33.8. The summed E-state index contributed by atoms with van der Waals surface area (Å²) in [6.07, 6.45) is 4.95. The molecule has 0 radical (unpaired) electrons. The largest absolute Gasteiger partial charge is 0.453 e. The lowest BCUT2D eigenvalue weighted by atomic mass is 10.0. The van der Waals surface area contributed by atoms with Crippen LogP contribution in [0.4, 0.5) is 0 Å². The molecule has 0 N–H and O–H groups in total. The maximum atomic E-state index is 11.9. The number of ether oxygens (including phenoxy) is 3. The molecule has 19 heavy (non-hydrogen) atoms. The Morgan fingerprint density at radius 3 is 2.74 bits per heavy atom. The number of carbonyl (C=O) groups is 1. The highest BCUT2D eigenvalue weighted by atomic mass is 16.6. The highest BCUT2D eigenvalue weighted by Gasteiger charge is 2.47. The minimum absolute atomic E-state index is 0.0611. The van der Waals surface area contributed by atoms with E-state index >= 15 is 0 Å². The maximum Gasteiger partial charge on any atom is 0.362 e. The maximum absolute atomic E-state index is 11.9. The number of esters is 1. The molecule has 0 unspecified atom stereocenters. The summed E-state index contributed by atoms with van der Waals surface area (Å²) in [4.78, 5) is 11.9. The molecule has 0 spiro atoms. The summed E-state index contributed by atoms with van der Waals surface area (Å²) in [7, 11) is 3.81. The zero-order valence-electron chi connectivity index (χ0n) is 11.8. The van der Waals surface area contributed by atoms with Crippen molar-refractivity contribution in [3.05, 3.63) is 0 Å². The van der Waals surface area contributed by atoms with Crippen LogP contribution >= 0.6 is 0 Å². The average Bonchev–Trinajstić information content (AvgIpc) is 2.83. The first-order valence-electron chi connectivity index (χ1n) is 6.61. The molecule has 0 aromatic carbocycles. The summed E-state index contributed by atoms with van der Waals surface area (Å²) in [5.41, 5.74) is 0. The Bertz CT molecular complexity index is 387. The molecule has 0 aliphatic carbocycles. The zero-order chi connectivity index (χ0) is 14.0. The van der Waals surface area contributed by atoms with Gasteiger partial charge in [-0.1, -0.05) is 6.92 Å². The second-order valence-electron chi connectivity index (χ2n) is 6.06. The van der Waals surface area contributed by atoms with Gasteiger partial charge < -0.3 is 18.7 Å². The Morgan fingerprint density at radius 1 is 1.37 bits per heavy atom. The van der Waals surface area contributed by atoms with E-state index in [1.54, 1.807) is 0 Å². The molecule has 2 fully saturated rings. The van der Waals surface area contributed by atoms with E-state index in [0.717, 1.165) is 0 Å². The SMILES string of the molecule is C#CC[N+](C)(C)CC(=O)O[C@H]1CO[C@H]2[C@@H]1OC[C@H]2C. The van der Waals surface area contributed by atoms with Crippen molar-refractivity contribution in [1.29, 1.82) is 0 Å². The minimum Gasteiger partial charge on any atom is -0.453 e. The minimum atomic E-state index is -0.284. The summed E-state index contributed by atoms with van der Waals surface area (Å²) in [5, 5.41) is 0. The van der Waals surface area contributed by atoms with Gasteiger partial charge >= 0.3 is 5.97 Å². The monoisotopic (exact) mass is 268 g/mol. The Labute approximate surface area is 114 Å². The summed E-state index contributed by atoms with van der Waals surface area (Å²) in [6.45, 7) is 3.93. The number of terminal acetylenes is 1. The van der Waals surface area contributed by atoms with Gasteiger partial charge in [0.15, 0.2) is 12.6 Å². The van der Waals surface area contributed by atoms with Gasteiger partial charge in [0.25, 0.3) is 0 Å². The fourth-order valence-corrected chi connectivity index (χ4v) is 2.61. The van der Waals surface area contributed by atoms with Crippen LogP contribution in [0.3, 0.4) is 0 Å². The summed E-state index contributed by atoms with van der Waals surface area (Å²) in [6, 6.07) is 0. The van der Waals surface area contributed by atoms with Crippen molar-refractivity contribution in [2.24, 2.45) is 5.92 Å². The van der Waals surface area contributed by atoms with Gasteiger partial charge in [-0.3, -0.25) is 0 Å². The van der Waals surface area contributed by atoms with Crippen molar-refractivity contribution in [1.82, 2.24) is 0 Å². The van der Waals surface area contributed by atoms with Crippen LogP contribution in [0, 0.1) is 18.3 Å². The third-order valence-electron chi connectivity index (χ3n) is 3.61. The first-order chi connectivity index (χ1) is 8.93. The highest BCUT2D eigenvalue weighted by molar-refractivity contribution is 5.71. The molecule has 5 heteroatoms. The summed E-state index contributed by atoms with van der Waals surface area (Å²) in [5.74, 6) is 2.68. The molecule has 0 aromatic rings. The van der Waals surface area contributed by atoms with Crippen molar-refractivity contribution in [3.63, 3.8) is 0 Å². The van der Waals surface area contributed by atoms with Crippen molar-refractivity contribution in [3.8, 4) is 12.3 Å². The topological polar surface area (TPSA) is 44.8 Å². The molecule has 0 bridgehead atoms. The van der Waals surface area contributed by atoms with E-state index in [4.69, 9.17) is 20.6 Å². The molecule has 2 saturated heterocycles.